The number of halogens is 1. The summed E-state index contributed by atoms with van der Waals surface area (Å²) in [5.74, 6) is 0.653. The molecule has 1 N–H and O–H groups in total. The molecule has 1 aromatic heterocycles. The Labute approximate surface area is 134 Å². The highest BCUT2D eigenvalue weighted by atomic mass is 35.5. The van der Waals surface area contributed by atoms with Crippen molar-refractivity contribution in [3.8, 4) is 5.75 Å². The molecule has 6 nitrogen and oxygen atoms in total. The molecule has 7 heteroatoms. The van der Waals surface area contributed by atoms with E-state index in [1.54, 1.807) is 35.9 Å². The van der Waals surface area contributed by atoms with Crippen LogP contribution in [0.1, 0.15) is 11.3 Å². The zero-order valence-electron chi connectivity index (χ0n) is 12.8. The molecule has 0 spiro atoms. The summed E-state index contributed by atoms with van der Waals surface area (Å²) in [6, 6.07) is 7.03. The highest BCUT2D eigenvalue weighted by molar-refractivity contribution is 6.30. The normalized spacial score (nSPS) is 10.4. The second kappa shape index (κ2) is 7.17. The molecule has 0 saturated heterocycles. The van der Waals surface area contributed by atoms with Gasteiger partial charge in [0.1, 0.15) is 5.75 Å². The van der Waals surface area contributed by atoms with E-state index in [9.17, 15) is 4.79 Å². The van der Waals surface area contributed by atoms with Gasteiger partial charge in [-0.05, 0) is 18.2 Å². The summed E-state index contributed by atoms with van der Waals surface area (Å²) in [6.45, 7) is 0.816. The van der Waals surface area contributed by atoms with Gasteiger partial charge in [0.05, 0.1) is 19.3 Å². The summed E-state index contributed by atoms with van der Waals surface area (Å²) in [7, 11) is 5.14. The Morgan fingerprint density at radius 3 is 2.86 bits per heavy atom. The molecular formula is C15H19ClN4O2. The van der Waals surface area contributed by atoms with E-state index in [1.165, 1.54) is 0 Å². The Bertz CT molecular complexity index is 657. The maximum atomic E-state index is 12.1. The predicted octanol–water partition coefficient (Wildman–Crippen LogP) is 2.42. The molecular weight excluding hydrogens is 304 g/mol. The number of amides is 2. The van der Waals surface area contributed by atoms with Crippen LogP contribution < -0.4 is 10.1 Å². The molecule has 0 unspecified atom stereocenters. The molecule has 118 valence electrons. The summed E-state index contributed by atoms with van der Waals surface area (Å²) < 4.78 is 6.96. The molecule has 1 aromatic carbocycles. The van der Waals surface area contributed by atoms with Gasteiger partial charge in [-0.1, -0.05) is 17.7 Å². The molecule has 0 fully saturated rings. The molecule has 0 saturated carbocycles. The zero-order chi connectivity index (χ0) is 16.1. The Kier molecular flexibility index (Phi) is 5.27. The third kappa shape index (κ3) is 4.14. The molecule has 0 aliphatic carbocycles. The number of benzene rings is 1. The van der Waals surface area contributed by atoms with E-state index >= 15 is 0 Å². The largest absolute Gasteiger partial charge is 0.496 e. The lowest BCUT2D eigenvalue weighted by Crippen LogP contribution is -2.36. The predicted molar refractivity (Wildman–Crippen MR) is 84.9 cm³/mol. The Morgan fingerprint density at radius 2 is 2.23 bits per heavy atom. The number of nitrogens with zero attached hydrogens (tertiary/aromatic N) is 3. The van der Waals surface area contributed by atoms with Crippen molar-refractivity contribution in [1.82, 2.24) is 20.0 Å². The third-order valence-corrected chi connectivity index (χ3v) is 3.43. The number of nitrogens with one attached hydrogen (secondary N) is 1. The first-order chi connectivity index (χ1) is 10.5. The van der Waals surface area contributed by atoms with E-state index in [2.05, 4.69) is 10.4 Å². The van der Waals surface area contributed by atoms with Crippen LogP contribution in [-0.4, -0.2) is 34.9 Å². The second-order valence-electron chi connectivity index (χ2n) is 4.95. The maximum Gasteiger partial charge on any atom is 0.317 e. The molecule has 0 radical (unpaired) electrons. The average molecular weight is 323 g/mol. The molecule has 2 rings (SSSR count). The molecule has 1 heterocycles. The van der Waals surface area contributed by atoms with E-state index in [0.29, 0.717) is 23.9 Å². The zero-order valence-corrected chi connectivity index (χ0v) is 13.6. The minimum atomic E-state index is -0.178. The molecule has 2 amide bonds. The van der Waals surface area contributed by atoms with Gasteiger partial charge in [-0.15, -0.1) is 0 Å². The van der Waals surface area contributed by atoms with Crippen molar-refractivity contribution in [2.45, 2.75) is 13.1 Å². The van der Waals surface area contributed by atoms with Gasteiger partial charge in [0.2, 0.25) is 0 Å². The molecule has 0 aliphatic rings. The fourth-order valence-electron chi connectivity index (χ4n) is 2.03. The number of aryl methyl sites for hydroxylation is 1. The quantitative estimate of drug-likeness (QED) is 0.919. The van der Waals surface area contributed by atoms with Crippen molar-refractivity contribution in [2.24, 2.45) is 7.05 Å². The van der Waals surface area contributed by atoms with E-state index < -0.39 is 0 Å². The minimum absolute atomic E-state index is 0.178. The lowest BCUT2D eigenvalue weighted by atomic mass is 10.2. The van der Waals surface area contributed by atoms with E-state index in [-0.39, 0.29) is 6.03 Å². The fraction of sp³-hybridized carbons (Fsp3) is 0.333. The van der Waals surface area contributed by atoms with Crippen molar-refractivity contribution in [3.05, 3.63) is 46.7 Å². The SMILES string of the molecule is COc1cc(Cl)ccc1CNC(=O)N(C)Cc1ccn(C)n1. The van der Waals surface area contributed by atoms with Gasteiger partial charge >= 0.3 is 6.03 Å². The van der Waals surface area contributed by atoms with Crippen LogP contribution in [0.5, 0.6) is 5.75 Å². The van der Waals surface area contributed by atoms with Gasteiger partial charge in [0.25, 0.3) is 0 Å². The fourth-order valence-corrected chi connectivity index (χ4v) is 2.19. The maximum absolute atomic E-state index is 12.1. The molecule has 22 heavy (non-hydrogen) atoms. The minimum Gasteiger partial charge on any atom is -0.496 e. The first-order valence-corrected chi connectivity index (χ1v) is 7.17. The number of carbonyl (C=O) groups excluding carboxylic acids is 1. The number of urea groups is 1. The Morgan fingerprint density at radius 1 is 1.45 bits per heavy atom. The second-order valence-corrected chi connectivity index (χ2v) is 5.39. The molecule has 2 aromatic rings. The van der Waals surface area contributed by atoms with E-state index in [0.717, 1.165) is 11.3 Å². The van der Waals surface area contributed by atoms with Crippen molar-refractivity contribution in [1.29, 1.82) is 0 Å². The highest BCUT2D eigenvalue weighted by Gasteiger charge is 2.11. The van der Waals surface area contributed by atoms with Gasteiger partial charge in [-0.2, -0.15) is 5.10 Å². The number of carbonyl (C=O) groups is 1. The average Bonchev–Trinajstić information content (AvgIpc) is 2.90. The molecule has 0 atom stereocenters. The van der Waals surface area contributed by atoms with Crippen molar-refractivity contribution >= 4 is 17.6 Å². The van der Waals surface area contributed by atoms with Gasteiger partial charge in [-0.3, -0.25) is 4.68 Å². The van der Waals surface area contributed by atoms with Crippen LogP contribution in [0.15, 0.2) is 30.5 Å². The highest BCUT2D eigenvalue weighted by Crippen LogP contribution is 2.22. The number of hydrogen-bond donors (Lipinski definition) is 1. The monoisotopic (exact) mass is 322 g/mol. The van der Waals surface area contributed by atoms with Gasteiger partial charge in [-0.25, -0.2) is 4.79 Å². The lowest BCUT2D eigenvalue weighted by molar-refractivity contribution is 0.205. The summed E-state index contributed by atoms with van der Waals surface area (Å²) in [5, 5.41) is 7.69. The summed E-state index contributed by atoms with van der Waals surface area (Å²) in [6.07, 6.45) is 1.85. The van der Waals surface area contributed by atoms with Crippen molar-refractivity contribution in [3.63, 3.8) is 0 Å². The summed E-state index contributed by atoms with van der Waals surface area (Å²) in [4.78, 5) is 13.7. The van der Waals surface area contributed by atoms with Crippen LogP contribution >= 0.6 is 11.6 Å². The standard InChI is InChI=1S/C15H19ClN4O2/c1-19(10-13-6-7-20(2)18-13)15(21)17-9-11-4-5-12(16)8-14(11)22-3/h4-8H,9-10H2,1-3H3,(H,17,21). The van der Waals surface area contributed by atoms with Crippen molar-refractivity contribution in [2.75, 3.05) is 14.2 Å². The van der Waals surface area contributed by atoms with Crippen LogP contribution in [0.3, 0.4) is 0 Å². The third-order valence-electron chi connectivity index (χ3n) is 3.19. The Balaban J connectivity index is 1.92. The molecule has 0 bridgehead atoms. The van der Waals surface area contributed by atoms with Crippen LogP contribution in [0.4, 0.5) is 4.79 Å². The van der Waals surface area contributed by atoms with Crippen LogP contribution in [0, 0.1) is 0 Å². The van der Waals surface area contributed by atoms with Crippen LogP contribution in [0.2, 0.25) is 5.02 Å². The first kappa shape index (κ1) is 16.2. The number of ether oxygens (including phenoxy) is 1. The van der Waals surface area contributed by atoms with Crippen molar-refractivity contribution < 1.29 is 9.53 Å². The summed E-state index contributed by atoms with van der Waals surface area (Å²) in [5.41, 5.74) is 1.70. The van der Waals surface area contributed by atoms with Gasteiger partial charge in [0.15, 0.2) is 0 Å². The number of hydrogen-bond acceptors (Lipinski definition) is 3. The van der Waals surface area contributed by atoms with Gasteiger partial charge in [0, 0.05) is 37.4 Å². The first-order valence-electron chi connectivity index (χ1n) is 6.79. The number of methoxy groups -OCH3 is 1. The Hall–Kier alpha value is -2.21. The smallest absolute Gasteiger partial charge is 0.317 e. The number of rotatable bonds is 5. The topological polar surface area (TPSA) is 59.4 Å². The van der Waals surface area contributed by atoms with E-state index in [1.807, 2.05) is 25.4 Å². The van der Waals surface area contributed by atoms with E-state index in [4.69, 9.17) is 16.3 Å². The van der Waals surface area contributed by atoms with Crippen LogP contribution in [-0.2, 0) is 20.1 Å². The van der Waals surface area contributed by atoms with Crippen LogP contribution in [0.25, 0.3) is 0 Å². The summed E-state index contributed by atoms with van der Waals surface area (Å²) >= 11 is 5.92. The lowest BCUT2D eigenvalue weighted by Gasteiger charge is -2.17. The number of aromatic nitrogens is 2. The molecule has 0 aliphatic heterocycles. The van der Waals surface area contributed by atoms with Gasteiger partial charge < -0.3 is 15.0 Å².